The van der Waals surface area contributed by atoms with Crippen LogP contribution in [0, 0.1) is 19.3 Å². The Kier molecular flexibility index (Phi) is 4.46. The minimum absolute atomic E-state index is 0.476. The fourth-order valence-corrected chi connectivity index (χ4v) is 6.00. The number of hydrogen-bond acceptors (Lipinski definition) is 1. The van der Waals surface area contributed by atoms with Crippen LogP contribution in [-0.2, 0) is 7.05 Å². The van der Waals surface area contributed by atoms with Crippen molar-refractivity contribution in [2.24, 2.45) is 12.5 Å². The summed E-state index contributed by atoms with van der Waals surface area (Å²) in [6.45, 7) is 9.09. The average molecular weight is 416 g/mol. The van der Waals surface area contributed by atoms with Crippen molar-refractivity contribution in [3.8, 4) is 11.3 Å². The zero-order chi connectivity index (χ0) is 21.9. The van der Waals surface area contributed by atoms with Crippen molar-refractivity contribution in [3.63, 3.8) is 0 Å². The number of rotatable bonds is 2. The van der Waals surface area contributed by atoms with E-state index in [0.717, 1.165) is 11.1 Å². The normalized spacial score (nSPS) is 17.6. The molecule has 0 radical (unpaired) electrons. The summed E-state index contributed by atoms with van der Waals surface area (Å²) in [4.78, 5) is 0. The van der Waals surface area contributed by atoms with Crippen LogP contribution in [0.25, 0.3) is 32.1 Å². The Morgan fingerprint density at radius 1 is 1.03 bits per heavy atom. The Hall–Kier alpha value is -2.19. The van der Waals surface area contributed by atoms with E-state index >= 15 is 0 Å². The largest absolute Gasteiger partial charge is 0.220 e. The number of thiophene rings is 1. The minimum Gasteiger partial charge on any atom is -0.198 e. The molecule has 0 atom stereocenters. The van der Waals surface area contributed by atoms with Crippen molar-refractivity contribution < 1.29 is 5.94 Å². The van der Waals surface area contributed by atoms with Gasteiger partial charge < -0.3 is 0 Å². The highest BCUT2D eigenvalue weighted by Crippen LogP contribution is 2.43. The molecule has 0 saturated heterocycles. The van der Waals surface area contributed by atoms with E-state index in [1.54, 1.807) is 11.3 Å². The first-order valence-corrected chi connectivity index (χ1v) is 12.0. The molecule has 4 aromatic rings. The van der Waals surface area contributed by atoms with Crippen LogP contribution in [0.2, 0.25) is 0 Å². The highest BCUT2D eigenvalue weighted by Gasteiger charge is 2.28. The third kappa shape index (κ3) is 3.36. The fourth-order valence-electron chi connectivity index (χ4n) is 5.19. The van der Waals surface area contributed by atoms with Gasteiger partial charge in [0, 0.05) is 17.7 Å². The first-order valence-electron chi connectivity index (χ1n) is 11.7. The van der Waals surface area contributed by atoms with Gasteiger partial charge in [-0.3, -0.25) is 0 Å². The van der Waals surface area contributed by atoms with Crippen LogP contribution in [0.3, 0.4) is 0 Å². The van der Waals surface area contributed by atoms with Crippen molar-refractivity contribution in [2.45, 2.75) is 59.3 Å². The molecule has 2 aromatic heterocycles. The molecule has 0 unspecified atom stereocenters. The van der Waals surface area contributed by atoms with E-state index < -0.39 is 0 Å². The number of aryl methyl sites for hydroxylation is 1. The third-order valence-corrected chi connectivity index (χ3v) is 8.20. The smallest absolute Gasteiger partial charge is 0.198 e. The molecule has 0 spiro atoms. The summed E-state index contributed by atoms with van der Waals surface area (Å²) in [5, 5.41) is 5.77. The van der Waals surface area contributed by atoms with Gasteiger partial charge in [-0.1, -0.05) is 26.0 Å². The van der Waals surface area contributed by atoms with Crippen molar-refractivity contribution >= 4 is 32.2 Å². The monoisotopic (exact) mass is 415 g/mol. The maximum atomic E-state index is 8.90. The molecule has 1 nitrogen and oxygen atoms in total. The summed E-state index contributed by atoms with van der Waals surface area (Å²) in [5.41, 5.74) is 6.71. The van der Waals surface area contributed by atoms with Gasteiger partial charge >= 0.3 is 0 Å². The Morgan fingerprint density at radius 3 is 2.57 bits per heavy atom. The zero-order valence-electron chi connectivity index (χ0n) is 19.8. The molecule has 1 aliphatic rings. The van der Waals surface area contributed by atoms with Crippen molar-refractivity contribution in [1.82, 2.24) is 0 Å². The van der Waals surface area contributed by atoms with Gasteiger partial charge in [0.2, 0.25) is 5.69 Å². The molecule has 0 aliphatic heterocycles. The van der Waals surface area contributed by atoms with Gasteiger partial charge in [-0.15, -0.1) is 11.3 Å². The third-order valence-electron chi connectivity index (χ3n) is 7.32. The lowest BCUT2D eigenvalue weighted by Gasteiger charge is -2.34. The highest BCUT2D eigenvalue weighted by molar-refractivity contribution is 7.17. The summed E-state index contributed by atoms with van der Waals surface area (Å²) >= 11 is 1.80. The van der Waals surface area contributed by atoms with Crippen LogP contribution >= 0.6 is 11.3 Å². The van der Waals surface area contributed by atoms with E-state index in [1.807, 2.05) is 0 Å². The predicted molar refractivity (Wildman–Crippen MR) is 130 cm³/mol. The molecule has 0 N–H and O–H groups in total. The van der Waals surface area contributed by atoms with E-state index in [9.17, 15) is 0 Å². The maximum absolute atomic E-state index is 8.90. The maximum Gasteiger partial charge on any atom is 0.220 e. The molecule has 1 aliphatic carbocycles. The second kappa shape index (κ2) is 7.20. The number of aromatic nitrogens is 1. The van der Waals surface area contributed by atoms with Crippen LogP contribution in [-0.4, -0.2) is 0 Å². The second-order valence-electron chi connectivity index (χ2n) is 9.99. The summed E-state index contributed by atoms with van der Waals surface area (Å²) < 4.78 is 12.4. The Bertz CT molecular complexity index is 1300. The minimum atomic E-state index is 0.476. The van der Waals surface area contributed by atoms with Crippen LogP contribution in [0.1, 0.15) is 63.6 Å². The summed E-state index contributed by atoms with van der Waals surface area (Å²) in [7, 11) is 2.11. The lowest BCUT2D eigenvalue weighted by Crippen LogP contribution is -2.35. The van der Waals surface area contributed by atoms with Gasteiger partial charge in [-0.2, -0.15) is 4.57 Å². The summed E-state index contributed by atoms with van der Waals surface area (Å²) in [6.07, 6.45) is 5.09. The topological polar surface area (TPSA) is 3.88 Å². The Morgan fingerprint density at radius 2 is 1.80 bits per heavy atom. The van der Waals surface area contributed by atoms with E-state index in [0.29, 0.717) is 17.4 Å². The van der Waals surface area contributed by atoms with E-state index in [1.165, 1.54) is 63.5 Å². The zero-order valence-corrected chi connectivity index (χ0v) is 19.6. The quantitative estimate of drug-likeness (QED) is 0.293. The van der Waals surface area contributed by atoms with Gasteiger partial charge in [-0.05, 0) is 95.5 Å². The number of pyridine rings is 1. The summed E-state index contributed by atoms with van der Waals surface area (Å²) in [5.74, 6) is 0.624. The van der Waals surface area contributed by atoms with Gasteiger partial charge in [0.15, 0.2) is 5.69 Å². The van der Waals surface area contributed by atoms with E-state index in [4.69, 9.17) is 1.37 Å². The Labute approximate surface area is 185 Å². The SMILES string of the molecule is [2H]c1c(C)[n+](C)c(-c2cc3sccc3cc2C)c2ccc(C3CCC(C)(C)CC3)cc12. The summed E-state index contributed by atoms with van der Waals surface area (Å²) in [6, 6.07) is 14.5. The first kappa shape index (κ1) is 18.6. The second-order valence-corrected chi connectivity index (χ2v) is 10.9. The highest BCUT2D eigenvalue weighted by atomic mass is 32.1. The first-order chi connectivity index (χ1) is 14.7. The van der Waals surface area contributed by atoms with Gasteiger partial charge in [-0.25, -0.2) is 0 Å². The molecule has 2 aromatic carbocycles. The lowest BCUT2D eigenvalue weighted by molar-refractivity contribution is -0.665. The van der Waals surface area contributed by atoms with Crippen LogP contribution < -0.4 is 4.57 Å². The van der Waals surface area contributed by atoms with Crippen LogP contribution in [0.4, 0.5) is 0 Å². The van der Waals surface area contributed by atoms with Crippen LogP contribution in [0.15, 0.2) is 47.8 Å². The molecule has 2 heteroatoms. The molecular formula is C28H32NS+. The average Bonchev–Trinajstić information content (AvgIpc) is 3.19. The van der Waals surface area contributed by atoms with Crippen molar-refractivity contribution in [3.05, 3.63) is 64.6 Å². The van der Waals surface area contributed by atoms with Crippen LogP contribution in [0.5, 0.6) is 0 Å². The standard InChI is InChI=1S/C28H32NS/c1-18-14-22-10-13-30-26(22)17-25(18)27-24-7-6-21(16-23(24)15-19(2)29(27)5)20-8-11-28(3,4)12-9-20/h6-7,10,13-17,20H,8-9,11-12H2,1-5H3/q+1/i15D. The van der Waals surface area contributed by atoms with Crippen molar-refractivity contribution in [1.29, 1.82) is 0 Å². The van der Waals surface area contributed by atoms with Crippen molar-refractivity contribution in [2.75, 3.05) is 0 Å². The number of benzene rings is 2. The lowest BCUT2D eigenvalue weighted by atomic mass is 9.71. The van der Waals surface area contributed by atoms with E-state index in [-0.39, 0.29) is 0 Å². The van der Waals surface area contributed by atoms with Gasteiger partial charge in [0.1, 0.15) is 7.05 Å². The molecule has 30 heavy (non-hydrogen) atoms. The molecule has 0 amide bonds. The number of hydrogen-bond donors (Lipinski definition) is 0. The van der Waals surface area contributed by atoms with E-state index in [2.05, 4.69) is 81.1 Å². The van der Waals surface area contributed by atoms with Gasteiger partial charge in [0.05, 0.1) is 12.3 Å². The number of fused-ring (bicyclic) bond motifs is 2. The molecular weight excluding hydrogens is 382 g/mol. The predicted octanol–water partition coefficient (Wildman–Crippen LogP) is 7.85. The Balaban J connectivity index is 1.69. The molecule has 1 fully saturated rings. The molecule has 1 saturated carbocycles. The fraction of sp³-hybridized carbons (Fsp3) is 0.393. The number of nitrogens with zero attached hydrogens (tertiary/aromatic N) is 1. The molecule has 5 rings (SSSR count). The molecule has 154 valence electrons. The molecule has 2 heterocycles. The molecule has 0 bridgehead atoms. The van der Waals surface area contributed by atoms with Gasteiger partial charge in [0.25, 0.3) is 0 Å².